The van der Waals surface area contributed by atoms with Gasteiger partial charge in [0.25, 0.3) is 0 Å². The molecule has 2 amide bonds. The van der Waals surface area contributed by atoms with Crippen molar-refractivity contribution in [1.29, 1.82) is 0 Å². The number of ketones is 4. The minimum Gasteiger partial charge on any atom is -0.481 e. The first-order valence-electron chi connectivity index (χ1n) is 21.0. The monoisotopic (exact) mass is 806 g/mol. The van der Waals surface area contributed by atoms with E-state index in [-0.39, 0.29) is 61.8 Å². The Morgan fingerprint density at radius 2 is 1.53 bits per heavy atom. The van der Waals surface area contributed by atoms with Crippen LogP contribution in [0, 0.1) is 29.1 Å². The summed E-state index contributed by atoms with van der Waals surface area (Å²) in [6.45, 7) is 7.46. The normalized spacial score (nSPS) is 17.8. The maximum Gasteiger partial charge on any atom is 0.307 e. The molecule has 2 unspecified atom stereocenters. The van der Waals surface area contributed by atoms with Crippen LogP contribution in [0.15, 0.2) is 73.2 Å². The zero-order valence-electron chi connectivity index (χ0n) is 34.7. The van der Waals surface area contributed by atoms with Crippen LogP contribution in [0.4, 0.5) is 0 Å². The topological polar surface area (TPSA) is 181 Å². The summed E-state index contributed by atoms with van der Waals surface area (Å²) in [7, 11) is 0. The Labute approximate surface area is 347 Å². The van der Waals surface area contributed by atoms with Crippen molar-refractivity contribution in [2.24, 2.45) is 29.1 Å². The first-order valence-corrected chi connectivity index (χ1v) is 21.0. The number of benzene rings is 2. The fourth-order valence-corrected chi connectivity index (χ4v) is 8.61. The third kappa shape index (κ3) is 11.9. The number of aromatic nitrogens is 2. The van der Waals surface area contributed by atoms with Crippen molar-refractivity contribution in [2.75, 3.05) is 0 Å². The van der Waals surface area contributed by atoms with E-state index >= 15 is 0 Å². The quantitative estimate of drug-likeness (QED) is 0.0993. The second-order valence-corrected chi connectivity index (χ2v) is 17.4. The number of fused-ring (bicyclic) bond motifs is 1. The summed E-state index contributed by atoms with van der Waals surface area (Å²) in [4.78, 5) is 106. The van der Waals surface area contributed by atoms with Gasteiger partial charge in [0.05, 0.1) is 18.2 Å². The Hall–Kier alpha value is -5.39. The minimum atomic E-state index is -1.18. The zero-order valence-corrected chi connectivity index (χ0v) is 34.7. The summed E-state index contributed by atoms with van der Waals surface area (Å²) in [6.07, 6.45) is 8.92. The lowest BCUT2D eigenvalue weighted by Crippen LogP contribution is -2.60. The maximum absolute atomic E-state index is 14.9. The van der Waals surface area contributed by atoms with Gasteiger partial charge in [-0.3, -0.25) is 38.5 Å². The number of hydrogen-bond acceptors (Lipinski definition) is 9. The largest absolute Gasteiger partial charge is 0.481 e. The average molecular weight is 807 g/mol. The van der Waals surface area contributed by atoms with E-state index in [1.54, 1.807) is 30.3 Å². The van der Waals surface area contributed by atoms with E-state index in [4.69, 9.17) is 0 Å². The molecule has 5 atom stereocenters. The molecule has 1 fully saturated rings. The van der Waals surface area contributed by atoms with Gasteiger partial charge in [0.15, 0.2) is 17.3 Å². The third-order valence-corrected chi connectivity index (χ3v) is 11.9. The Bertz CT molecular complexity index is 1970. The molecule has 1 aliphatic heterocycles. The molecule has 12 nitrogen and oxygen atoms in total. The highest BCUT2D eigenvalue weighted by Crippen LogP contribution is 2.35. The number of carboxylic acid groups (broad SMARTS) is 1. The van der Waals surface area contributed by atoms with Crippen molar-refractivity contribution in [2.45, 2.75) is 123 Å². The fraction of sp³-hybridized carbons (Fsp3) is 0.511. The van der Waals surface area contributed by atoms with E-state index in [2.05, 4.69) is 15.3 Å². The number of nitrogens with zero attached hydrogens (tertiary/aromatic N) is 3. The van der Waals surface area contributed by atoms with Crippen molar-refractivity contribution in [3.63, 3.8) is 0 Å². The van der Waals surface area contributed by atoms with Crippen molar-refractivity contribution in [3.05, 3.63) is 95.6 Å². The molecular weight excluding hydrogens is 749 g/mol. The predicted octanol–water partition coefficient (Wildman–Crippen LogP) is 6.58. The number of Topliss-reactive ketones (excluding diaryl/α,β-unsaturated/α-hetero) is 4. The van der Waals surface area contributed by atoms with Gasteiger partial charge >= 0.3 is 5.97 Å². The Morgan fingerprint density at radius 3 is 2.15 bits per heavy atom. The van der Waals surface area contributed by atoms with Gasteiger partial charge in [-0.2, -0.15) is 0 Å². The van der Waals surface area contributed by atoms with Crippen molar-refractivity contribution < 1.29 is 38.7 Å². The molecule has 1 aromatic heterocycles. The maximum atomic E-state index is 14.9. The van der Waals surface area contributed by atoms with E-state index in [0.29, 0.717) is 6.42 Å². The summed E-state index contributed by atoms with van der Waals surface area (Å²) in [5, 5.41) is 13.0. The molecule has 1 saturated carbocycles. The molecule has 314 valence electrons. The number of nitrogens with one attached hydrogen (secondary N) is 1. The lowest BCUT2D eigenvalue weighted by Gasteiger charge is -2.42. The molecule has 0 saturated heterocycles. The van der Waals surface area contributed by atoms with Crippen LogP contribution in [0.5, 0.6) is 0 Å². The van der Waals surface area contributed by atoms with Crippen molar-refractivity contribution >= 4 is 40.9 Å². The number of aliphatic carboxylic acids is 1. The minimum absolute atomic E-state index is 0.0591. The molecule has 2 N–H and O–H groups in total. The SMILES string of the molecule is CCC[C@@H](CC(=O)C1Cc2ccccc2CN1C(=O)[C@@H](NC(=O)[C@H](CC(=O)c1cnccn1)C1CCCCC1)C(C)(C)C)C(=O)C(=O)CC(Cc1ccccc1)C(=O)O. The van der Waals surface area contributed by atoms with Gasteiger partial charge < -0.3 is 15.3 Å². The van der Waals surface area contributed by atoms with Crippen molar-refractivity contribution in [3.8, 4) is 0 Å². The Balaban J connectivity index is 1.38. The van der Waals surface area contributed by atoms with Gasteiger partial charge in [-0.15, -0.1) is 0 Å². The molecule has 1 aliphatic carbocycles. The highest BCUT2D eigenvalue weighted by Gasteiger charge is 2.44. The van der Waals surface area contributed by atoms with Crippen LogP contribution in [-0.2, 0) is 48.2 Å². The third-order valence-electron chi connectivity index (χ3n) is 11.9. The molecular formula is C47H58N4O8. The molecule has 2 heterocycles. The van der Waals surface area contributed by atoms with Crippen LogP contribution < -0.4 is 5.32 Å². The molecule has 2 aliphatic rings. The highest BCUT2D eigenvalue weighted by molar-refractivity contribution is 6.38. The molecule has 0 radical (unpaired) electrons. The smallest absolute Gasteiger partial charge is 0.307 e. The predicted molar refractivity (Wildman–Crippen MR) is 221 cm³/mol. The second kappa shape index (κ2) is 20.5. The lowest BCUT2D eigenvalue weighted by molar-refractivity contribution is -0.148. The first-order chi connectivity index (χ1) is 28.2. The second-order valence-electron chi connectivity index (χ2n) is 17.4. The van der Waals surface area contributed by atoms with Crippen LogP contribution >= 0.6 is 0 Å². The van der Waals surface area contributed by atoms with Crippen molar-refractivity contribution in [1.82, 2.24) is 20.2 Å². The Kier molecular flexibility index (Phi) is 15.6. The molecule has 2 aromatic carbocycles. The van der Waals surface area contributed by atoms with E-state index in [1.807, 2.05) is 52.0 Å². The van der Waals surface area contributed by atoms with Crippen LogP contribution in [0.1, 0.15) is 119 Å². The lowest BCUT2D eigenvalue weighted by atomic mass is 9.76. The summed E-state index contributed by atoms with van der Waals surface area (Å²) < 4.78 is 0. The summed E-state index contributed by atoms with van der Waals surface area (Å²) in [5.74, 6) is -7.20. The number of rotatable bonds is 19. The number of carbonyl (C=O) groups excluding carboxylic acids is 6. The van der Waals surface area contributed by atoms with Crippen LogP contribution in [-0.4, -0.2) is 73.0 Å². The Morgan fingerprint density at radius 1 is 0.847 bits per heavy atom. The van der Waals surface area contributed by atoms with E-state index < -0.39 is 71.0 Å². The van der Waals surface area contributed by atoms with E-state index in [1.165, 1.54) is 23.5 Å². The fourth-order valence-electron chi connectivity index (χ4n) is 8.61. The molecule has 3 aromatic rings. The zero-order chi connectivity index (χ0) is 42.7. The average Bonchev–Trinajstić information content (AvgIpc) is 3.23. The molecule has 0 bridgehead atoms. The highest BCUT2D eigenvalue weighted by atomic mass is 16.4. The van der Waals surface area contributed by atoms with Crippen LogP contribution in [0.2, 0.25) is 0 Å². The van der Waals surface area contributed by atoms with Gasteiger partial charge in [0.2, 0.25) is 17.6 Å². The number of carbonyl (C=O) groups is 7. The van der Waals surface area contributed by atoms with Gasteiger partial charge in [-0.05, 0) is 53.7 Å². The standard InChI is InChI=1S/C47H58N4O8/c1-5-14-33(42(55)41(54)26-35(46(58)59)23-30-15-8-6-9-16-30)25-40(53)38-24-32-19-12-13-20-34(32)29-51(38)45(57)43(47(2,3)4)50-44(56)36(31-17-10-7-11-18-31)27-39(52)37-28-48-21-22-49-37/h6,8-9,12-13,15-16,19-22,28,31,33,35-36,38,43H,5,7,10-11,14,17-18,23-27,29H2,1-4H3,(H,50,56)(H,58,59)/t33-,35?,36+,38?,43+/m0/s1. The van der Waals surface area contributed by atoms with Crippen LogP contribution in [0.25, 0.3) is 0 Å². The number of amides is 2. The molecule has 5 rings (SSSR count). The van der Waals surface area contributed by atoms with Gasteiger partial charge in [-0.1, -0.05) is 108 Å². The summed E-state index contributed by atoms with van der Waals surface area (Å²) >= 11 is 0. The molecule has 12 heteroatoms. The first kappa shape index (κ1) is 44.7. The molecule has 59 heavy (non-hydrogen) atoms. The van der Waals surface area contributed by atoms with E-state index in [9.17, 15) is 38.7 Å². The summed E-state index contributed by atoms with van der Waals surface area (Å²) in [5.41, 5.74) is 1.83. The van der Waals surface area contributed by atoms with Gasteiger partial charge in [0.1, 0.15) is 11.7 Å². The van der Waals surface area contributed by atoms with Gasteiger partial charge in [0, 0.05) is 56.5 Å². The van der Waals surface area contributed by atoms with Gasteiger partial charge in [-0.25, -0.2) is 4.98 Å². The van der Waals surface area contributed by atoms with E-state index in [0.717, 1.165) is 48.8 Å². The summed E-state index contributed by atoms with van der Waals surface area (Å²) in [6, 6.07) is 14.4. The number of hydrogen-bond donors (Lipinski definition) is 2. The molecule has 0 spiro atoms. The van der Waals surface area contributed by atoms with Crippen LogP contribution in [0.3, 0.4) is 0 Å². The number of carboxylic acids is 1.